The highest BCUT2D eigenvalue weighted by atomic mass is 19.1. The highest BCUT2D eigenvalue weighted by Crippen LogP contribution is 2.32. The maximum Gasteiger partial charge on any atom is 0.141 e. The Labute approximate surface area is 109 Å². The van der Waals surface area contributed by atoms with E-state index in [0.29, 0.717) is 11.3 Å². The van der Waals surface area contributed by atoms with Gasteiger partial charge < -0.3 is 4.42 Å². The lowest BCUT2D eigenvalue weighted by Gasteiger charge is -2.00. The molecule has 0 bridgehead atoms. The van der Waals surface area contributed by atoms with Gasteiger partial charge in [0.25, 0.3) is 0 Å². The first kappa shape index (κ1) is 11.5. The van der Waals surface area contributed by atoms with E-state index in [1.54, 1.807) is 12.1 Å². The van der Waals surface area contributed by atoms with Crippen molar-refractivity contribution in [2.24, 2.45) is 0 Å². The second-order valence-corrected chi connectivity index (χ2v) is 4.38. The Morgan fingerprint density at radius 2 is 1.95 bits per heavy atom. The van der Waals surface area contributed by atoms with Crippen LogP contribution >= 0.6 is 0 Å². The van der Waals surface area contributed by atoms with Gasteiger partial charge >= 0.3 is 0 Å². The Bertz CT molecular complexity index is 811. The smallest absolute Gasteiger partial charge is 0.141 e. The molecule has 0 saturated carbocycles. The van der Waals surface area contributed by atoms with E-state index in [1.807, 2.05) is 37.3 Å². The molecule has 0 aliphatic carbocycles. The van der Waals surface area contributed by atoms with E-state index in [9.17, 15) is 4.39 Å². The number of rotatable bonds is 1. The van der Waals surface area contributed by atoms with Gasteiger partial charge in [-0.3, -0.25) is 0 Å². The molecular weight excluding hydrogens is 241 g/mol. The molecule has 92 valence electrons. The van der Waals surface area contributed by atoms with Crippen molar-refractivity contribution in [1.82, 2.24) is 0 Å². The van der Waals surface area contributed by atoms with Crippen molar-refractivity contribution in [3.63, 3.8) is 0 Å². The SMILES string of the molecule is Cc1cccc2cc(-c3cccc(F)c3C#N)oc12. The molecule has 0 saturated heterocycles. The van der Waals surface area contributed by atoms with Crippen LogP contribution in [0.5, 0.6) is 0 Å². The molecule has 1 heterocycles. The van der Waals surface area contributed by atoms with Crippen LogP contribution < -0.4 is 0 Å². The summed E-state index contributed by atoms with van der Waals surface area (Å²) < 4.78 is 19.4. The van der Waals surface area contributed by atoms with E-state index in [2.05, 4.69) is 0 Å². The molecule has 0 fully saturated rings. The highest BCUT2D eigenvalue weighted by molar-refractivity contribution is 5.86. The molecule has 3 aromatic rings. The molecule has 0 atom stereocenters. The van der Waals surface area contributed by atoms with Crippen molar-refractivity contribution in [3.8, 4) is 17.4 Å². The number of hydrogen-bond donors (Lipinski definition) is 0. The Hall–Kier alpha value is -2.60. The van der Waals surface area contributed by atoms with Crippen molar-refractivity contribution >= 4 is 11.0 Å². The monoisotopic (exact) mass is 251 g/mol. The van der Waals surface area contributed by atoms with Crippen molar-refractivity contribution in [1.29, 1.82) is 5.26 Å². The molecular formula is C16H10FNO. The molecule has 3 rings (SSSR count). The number of fused-ring (bicyclic) bond motifs is 1. The first-order valence-electron chi connectivity index (χ1n) is 5.89. The van der Waals surface area contributed by atoms with Gasteiger partial charge in [-0.15, -0.1) is 0 Å². The van der Waals surface area contributed by atoms with Gasteiger partial charge in [0.1, 0.15) is 23.2 Å². The lowest BCUT2D eigenvalue weighted by Crippen LogP contribution is -1.87. The summed E-state index contributed by atoms with van der Waals surface area (Å²) >= 11 is 0. The van der Waals surface area contributed by atoms with Gasteiger partial charge in [0, 0.05) is 10.9 Å². The molecule has 0 unspecified atom stereocenters. The molecule has 3 heteroatoms. The Balaban J connectivity index is 2.29. The third-order valence-electron chi connectivity index (χ3n) is 3.13. The number of benzene rings is 2. The Kier molecular flexibility index (Phi) is 2.57. The summed E-state index contributed by atoms with van der Waals surface area (Å²) in [7, 11) is 0. The lowest BCUT2D eigenvalue weighted by atomic mass is 10.1. The summed E-state index contributed by atoms with van der Waals surface area (Å²) in [6.45, 7) is 1.95. The quantitative estimate of drug-likeness (QED) is 0.642. The number of halogens is 1. The maximum atomic E-state index is 13.6. The van der Waals surface area contributed by atoms with E-state index in [4.69, 9.17) is 9.68 Å². The number of hydrogen-bond acceptors (Lipinski definition) is 2. The Morgan fingerprint density at radius 3 is 2.68 bits per heavy atom. The molecule has 0 spiro atoms. The zero-order chi connectivity index (χ0) is 13.4. The highest BCUT2D eigenvalue weighted by Gasteiger charge is 2.14. The van der Waals surface area contributed by atoms with Crippen LogP contribution in [-0.4, -0.2) is 0 Å². The topological polar surface area (TPSA) is 36.9 Å². The second kappa shape index (κ2) is 4.25. The zero-order valence-corrected chi connectivity index (χ0v) is 10.3. The van der Waals surface area contributed by atoms with Crippen molar-refractivity contribution in [3.05, 3.63) is 59.4 Å². The third-order valence-corrected chi connectivity index (χ3v) is 3.13. The summed E-state index contributed by atoms with van der Waals surface area (Å²) in [4.78, 5) is 0. The maximum absolute atomic E-state index is 13.6. The number of furan rings is 1. The summed E-state index contributed by atoms with van der Waals surface area (Å²) in [5.41, 5.74) is 2.28. The van der Waals surface area contributed by atoms with Gasteiger partial charge in [0.15, 0.2) is 0 Å². The van der Waals surface area contributed by atoms with Gasteiger partial charge in [-0.25, -0.2) is 4.39 Å². The van der Waals surface area contributed by atoms with Crippen LogP contribution in [0.3, 0.4) is 0 Å². The minimum Gasteiger partial charge on any atom is -0.456 e. The number of aryl methyl sites for hydroxylation is 1. The van der Waals surface area contributed by atoms with E-state index in [0.717, 1.165) is 16.5 Å². The molecule has 0 aliphatic rings. The first-order valence-corrected chi connectivity index (χ1v) is 5.89. The van der Waals surface area contributed by atoms with Gasteiger partial charge in [-0.1, -0.05) is 24.3 Å². The fraction of sp³-hybridized carbons (Fsp3) is 0.0625. The van der Waals surface area contributed by atoms with E-state index < -0.39 is 5.82 Å². The van der Waals surface area contributed by atoms with E-state index in [-0.39, 0.29) is 5.56 Å². The number of nitriles is 1. The largest absolute Gasteiger partial charge is 0.456 e. The molecule has 0 amide bonds. The van der Waals surface area contributed by atoms with Crippen LogP contribution in [0.15, 0.2) is 46.9 Å². The average Bonchev–Trinajstić information content (AvgIpc) is 2.84. The fourth-order valence-electron chi connectivity index (χ4n) is 2.18. The molecule has 1 aromatic heterocycles. The van der Waals surface area contributed by atoms with Gasteiger partial charge in [-0.2, -0.15) is 5.26 Å². The summed E-state index contributed by atoms with van der Waals surface area (Å²) in [6.07, 6.45) is 0. The molecule has 2 nitrogen and oxygen atoms in total. The predicted octanol–water partition coefficient (Wildman–Crippen LogP) is 4.42. The van der Waals surface area contributed by atoms with Crippen LogP contribution in [0.25, 0.3) is 22.3 Å². The van der Waals surface area contributed by atoms with Crippen LogP contribution in [0.1, 0.15) is 11.1 Å². The van der Waals surface area contributed by atoms with Gasteiger partial charge in [0.05, 0.1) is 5.56 Å². The molecule has 2 aromatic carbocycles. The van der Waals surface area contributed by atoms with Gasteiger partial charge in [-0.05, 0) is 30.7 Å². The number of nitrogens with zero attached hydrogens (tertiary/aromatic N) is 1. The van der Waals surface area contributed by atoms with Gasteiger partial charge in [0.2, 0.25) is 0 Å². The van der Waals surface area contributed by atoms with Crippen molar-refractivity contribution in [2.75, 3.05) is 0 Å². The van der Waals surface area contributed by atoms with Crippen LogP contribution in [0, 0.1) is 24.1 Å². The predicted molar refractivity (Wildman–Crippen MR) is 71.1 cm³/mol. The minimum absolute atomic E-state index is 0.0132. The summed E-state index contributed by atoms with van der Waals surface area (Å²) in [5, 5.41) is 10.0. The van der Waals surface area contributed by atoms with Crippen molar-refractivity contribution < 1.29 is 8.81 Å². The van der Waals surface area contributed by atoms with Crippen LogP contribution in [-0.2, 0) is 0 Å². The Morgan fingerprint density at radius 1 is 1.16 bits per heavy atom. The molecule has 0 aliphatic heterocycles. The summed E-state index contributed by atoms with van der Waals surface area (Å²) in [5.74, 6) is -0.0162. The van der Waals surface area contributed by atoms with E-state index in [1.165, 1.54) is 6.07 Å². The molecule has 19 heavy (non-hydrogen) atoms. The van der Waals surface area contributed by atoms with Crippen LogP contribution in [0.4, 0.5) is 4.39 Å². The van der Waals surface area contributed by atoms with E-state index >= 15 is 0 Å². The van der Waals surface area contributed by atoms with Crippen molar-refractivity contribution in [2.45, 2.75) is 6.92 Å². The third kappa shape index (κ3) is 1.78. The second-order valence-electron chi connectivity index (χ2n) is 4.38. The fourth-order valence-corrected chi connectivity index (χ4v) is 2.18. The zero-order valence-electron chi connectivity index (χ0n) is 10.3. The average molecular weight is 251 g/mol. The lowest BCUT2D eigenvalue weighted by molar-refractivity contribution is 0.614. The summed E-state index contributed by atoms with van der Waals surface area (Å²) in [6, 6.07) is 14.1. The minimum atomic E-state index is -0.530. The van der Waals surface area contributed by atoms with Crippen LogP contribution in [0.2, 0.25) is 0 Å². The normalized spacial score (nSPS) is 10.6. The number of para-hydroxylation sites is 1. The standard InChI is InChI=1S/C16H10FNO/c1-10-4-2-5-11-8-15(19-16(10)11)12-6-3-7-14(17)13(12)9-18/h2-8H,1H3. The molecule has 0 N–H and O–H groups in total. The first-order chi connectivity index (χ1) is 9.20. The molecule has 0 radical (unpaired) electrons.